The molecule has 1 aromatic carbocycles. The van der Waals surface area contributed by atoms with Gasteiger partial charge in [0, 0.05) is 29.7 Å². The molecule has 17 heavy (non-hydrogen) atoms. The van der Waals surface area contributed by atoms with Crippen LogP contribution in [-0.4, -0.2) is 6.54 Å². The maximum absolute atomic E-state index is 5.73. The third kappa shape index (κ3) is 3.61. The molecule has 0 amide bonds. The molecule has 0 aliphatic carbocycles. The number of hydrogen-bond donors (Lipinski definition) is 2. The van der Waals surface area contributed by atoms with Gasteiger partial charge in [-0.25, -0.2) is 0 Å². The highest BCUT2D eigenvalue weighted by Gasteiger charge is 1.99. The lowest BCUT2D eigenvalue weighted by Crippen LogP contribution is -2.16. The van der Waals surface area contributed by atoms with Crippen molar-refractivity contribution in [1.29, 1.82) is 0 Å². The SMILES string of the molecule is Nc1ccc(CNCCc2ccco2)cc1Br. The summed E-state index contributed by atoms with van der Waals surface area (Å²) >= 11 is 3.42. The number of furan rings is 1. The average Bonchev–Trinajstić information content (AvgIpc) is 2.82. The Morgan fingerprint density at radius 3 is 2.88 bits per heavy atom. The van der Waals surface area contributed by atoms with E-state index in [-0.39, 0.29) is 0 Å². The van der Waals surface area contributed by atoms with E-state index in [1.807, 2.05) is 30.3 Å². The molecule has 0 fully saturated rings. The molecule has 90 valence electrons. The maximum atomic E-state index is 5.73. The summed E-state index contributed by atoms with van der Waals surface area (Å²) in [7, 11) is 0. The minimum atomic E-state index is 0.768. The predicted octanol–water partition coefficient (Wildman–Crippen LogP) is 2.96. The van der Waals surface area contributed by atoms with E-state index in [1.165, 1.54) is 5.56 Å². The van der Waals surface area contributed by atoms with Crippen LogP contribution in [0.1, 0.15) is 11.3 Å². The Balaban J connectivity index is 1.76. The largest absolute Gasteiger partial charge is 0.469 e. The molecule has 0 aliphatic heterocycles. The Labute approximate surface area is 109 Å². The van der Waals surface area contributed by atoms with Crippen LogP contribution in [-0.2, 0) is 13.0 Å². The zero-order chi connectivity index (χ0) is 12.1. The van der Waals surface area contributed by atoms with Crippen LogP contribution in [0.3, 0.4) is 0 Å². The summed E-state index contributed by atoms with van der Waals surface area (Å²) in [5.41, 5.74) is 7.71. The van der Waals surface area contributed by atoms with Crippen LogP contribution in [0.25, 0.3) is 0 Å². The van der Waals surface area contributed by atoms with Gasteiger partial charge in [0.1, 0.15) is 5.76 Å². The lowest BCUT2D eigenvalue weighted by Gasteiger charge is -2.05. The lowest BCUT2D eigenvalue weighted by atomic mass is 10.2. The van der Waals surface area contributed by atoms with Gasteiger partial charge in [0.15, 0.2) is 0 Å². The van der Waals surface area contributed by atoms with Crippen LogP contribution in [0.2, 0.25) is 0 Å². The second-order valence-electron chi connectivity index (χ2n) is 3.86. The molecule has 0 aliphatic rings. The van der Waals surface area contributed by atoms with E-state index in [0.717, 1.165) is 35.4 Å². The summed E-state index contributed by atoms with van der Waals surface area (Å²) in [6, 6.07) is 9.87. The minimum absolute atomic E-state index is 0.768. The van der Waals surface area contributed by atoms with Crippen molar-refractivity contribution in [1.82, 2.24) is 5.32 Å². The van der Waals surface area contributed by atoms with Crippen molar-refractivity contribution in [2.75, 3.05) is 12.3 Å². The van der Waals surface area contributed by atoms with Crippen molar-refractivity contribution < 1.29 is 4.42 Å². The summed E-state index contributed by atoms with van der Waals surface area (Å²) in [5.74, 6) is 1.01. The zero-order valence-corrected chi connectivity index (χ0v) is 11.0. The van der Waals surface area contributed by atoms with Crippen LogP contribution in [0.5, 0.6) is 0 Å². The van der Waals surface area contributed by atoms with Gasteiger partial charge in [-0.2, -0.15) is 0 Å². The Morgan fingerprint density at radius 2 is 2.18 bits per heavy atom. The molecule has 0 radical (unpaired) electrons. The number of benzene rings is 1. The molecule has 3 nitrogen and oxygen atoms in total. The van der Waals surface area contributed by atoms with Gasteiger partial charge in [-0.05, 0) is 45.8 Å². The van der Waals surface area contributed by atoms with Crippen LogP contribution in [0.4, 0.5) is 5.69 Å². The zero-order valence-electron chi connectivity index (χ0n) is 9.45. The molecule has 4 heteroatoms. The van der Waals surface area contributed by atoms with E-state index in [2.05, 4.69) is 21.2 Å². The molecular formula is C13H15BrN2O. The number of nitrogens with one attached hydrogen (secondary N) is 1. The molecule has 0 unspecified atom stereocenters. The number of nitrogens with two attached hydrogens (primary N) is 1. The molecule has 2 aromatic rings. The average molecular weight is 295 g/mol. The van der Waals surface area contributed by atoms with E-state index < -0.39 is 0 Å². The van der Waals surface area contributed by atoms with E-state index in [0.29, 0.717) is 0 Å². The fourth-order valence-corrected chi connectivity index (χ4v) is 2.01. The first kappa shape index (κ1) is 12.2. The summed E-state index contributed by atoms with van der Waals surface area (Å²) in [5, 5.41) is 3.36. The molecule has 2 rings (SSSR count). The minimum Gasteiger partial charge on any atom is -0.469 e. The second kappa shape index (κ2) is 5.89. The van der Waals surface area contributed by atoms with Crippen molar-refractivity contribution in [2.45, 2.75) is 13.0 Å². The smallest absolute Gasteiger partial charge is 0.105 e. The van der Waals surface area contributed by atoms with E-state index in [4.69, 9.17) is 10.2 Å². The third-order valence-corrected chi connectivity index (χ3v) is 3.21. The second-order valence-corrected chi connectivity index (χ2v) is 4.72. The topological polar surface area (TPSA) is 51.2 Å². The third-order valence-electron chi connectivity index (χ3n) is 2.52. The van der Waals surface area contributed by atoms with Gasteiger partial charge in [0.05, 0.1) is 6.26 Å². The Kier molecular flexibility index (Phi) is 4.23. The van der Waals surface area contributed by atoms with E-state index in [9.17, 15) is 0 Å². The number of rotatable bonds is 5. The monoisotopic (exact) mass is 294 g/mol. The fourth-order valence-electron chi connectivity index (χ4n) is 1.58. The fraction of sp³-hybridized carbons (Fsp3) is 0.231. The molecular weight excluding hydrogens is 280 g/mol. The molecule has 0 saturated heterocycles. The van der Waals surface area contributed by atoms with Gasteiger partial charge < -0.3 is 15.5 Å². The van der Waals surface area contributed by atoms with Gasteiger partial charge in [-0.1, -0.05) is 6.07 Å². The summed E-state index contributed by atoms with van der Waals surface area (Å²) in [6.07, 6.45) is 2.61. The van der Waals surface area contributed by atoms with Crippen LogP contribution < -0.4 is 11.1 Å². The molecule has 0 atom stereocenters. The molecule has 3 N–H and O–H groups in total. The normalized spacial score (nSPS) is 10.6. The number of nitrogen functional groups attached to an aromatic ring is 1. The van der Waals surface area contributed by atoms with Gasteiger partial charge >= 0.3 is 0 Å². The number of hydrogen-bond acceptors (Lipinski definition) is 3. The Bertz CT molecular complexity index is 468. The van der Waals surface area contributed by atoms with Crippen molar-refractivity contribution in [3.63, 3.8) is 0 Å². The summed E-state index contributed by atoms with van der Waals surface area (Å²) in [4.78, 5) is 0. The molecule has 0 saturated carbocycles. The van der Waals surface area contributed by atoms with Gasteiger partial charge in [-0.3, -0.25) is 0 Å². The standard InChI is InChI=1S/C13H15BrN2O/c14-12-8-10(3-4-13(12)15)9-16-6-5-11-2-1-7-17-11/h1-4,7-8,16H,5-6,9,15H2. The predicted molar refractivity (Wildman–Crippen MR) is 72.7 cm³/mol. The Hall–Kier alpha value is -1.26. The number of halogens is 1. The van der Waals surface area contributed by atoms with Gasteiger partial charge in [0.2, 0.25) is 0 Å². The van der Waals surface area contributed by atoms with Crippen molar-refractivity contribution in [3.05, 3.63) is 52.4 Å². The van der Waals surface area contributed by atoms with Crippen molar-refractivity contribution in [3.8, 4) is 0 Å². The molecule has 1 aromatic heterocycles. The molecule has 1 heterocycles. The molecule has 0 bridgehead atoms. The molecule has 0 spiro atoms. The quantitative estimate of drug-likeness (QED) is 0.658. The van der Waals surface area contributed by atoms with Crippen LogP contribution >= 0.6 is 15.9 Å². The van der Waals surface area contributed by atoms with E-state index in [1.54, 1.807) is 6.26 Å². The van der Waals surface area contributed by atoms with Gasteiger partial charge in [-0.15, -0.1) is 0 Å². The first-order chi connectivity index (χ1) is 8.25. The highest BCUT2D eigenvalue weighted by molar-refractivity contribution is 9.10. The van der Waals surface area contributed by atoms with Gasteiger partial charge in [0.25, 0.3) is 0 Å². The maximum Gasteiger partial charge on any atom is 0.105 e. The first-order valence-corrected chi connectivity index (χ1v) is 6.32. The van der Waals surface area contributed by atoms with Crippen molar-refractivity contribution in [2.24, 2.45) is 0 Å². The highest BCUT2D eigenvalue weighted by Crippen LogP contribution is 2.20. The Morgan fingerprint density at radius 1 is 1.29 bits per heavy atom. The summed E-state index contributed by atoms with van der Waals surface area (Å²) < 4.78 is 6.20. The van der Waals surface area contributed by atoms with E-state index >= 15 is 0 Å². The lowest BCUT2D eigenvalue weighted by molar-refractivity contribution is 0.499. The first-order valence-electron chi connectivity index (χ1n) is 5.53. The van der Waals surface area contributed by atoms with Crippen LogP contribution in [0, 0.1) is 0 Å². The number of anilines is 1. The summed E-state index contributed by atoms with van der Waals surface area (Å²) in [6.45, 7) is 1.73. The van der Waals surface area contributed by atoms with Crippen molar-refractivity contribution >= 4 is 21.6 Å². The highest BCUT2D eigenvalue weighted by atomic mass is 79.9. The van der Waals surface area contributed by atoms with Crippen LogP contribution in [0.15, 0.2) is 45.5 Å².